The van der Waals surface area contributed by atoms with E-state index in [9.17, 15) is 22.8 Å². The Bertz CT molecular complexity index is 1730. The van der Waals surface area contributed by atoms with Crippen molar-refractivity contribution in [2.45, 2.75) is 17.9 Å². The SMILES string of the molecule is O=C(CSc1nnc(CNC(=O)c2ccccc2C(F)(F)F)n1-c1ccc(Cl)c(Cl)c1)Nc1nc2ccccc2s1. The molecule has 5 aromatic rings. The lowest BCUT2D eigenvalue weighted by Gasteiger charge is -2.14. The Morgan fingerprint density at radius 2 is 1.73 bits per heavy atom. The molecule has 0 radical (unpaired) electrons. The lowest BCUT2D eigenvalue weighted by molar-refractivity contribution is -0.138. The van der Waals surface area contributed by atoms with Crippen LogP contribution in [0.4, 0.5) is 18.3 Å². The van der Waals surface area contributed by atoms with Crippen molar-refractivity contribution in [2.24, 2.45) is 0 Å². The quantitative estimate of drug-likeness (QED) is 0.180. The van der Waals surface area contributed by atoms with Gasteiger partial charge >= 0.3 is 6.18 Å². The van der Waals surface area contributed by atoms with Crippen molar-refractivity contribution in [3.05, 3.63) is 93.7 Å². The molecule has 0 atom stereocenters. The van der Waals surface area contributed by atoms with Gasteiger partial charge in [0, 0.05) is 0 Å². The van der Waals surface area contributed by atoms with Crippen molar-refractivity contribution in [1.82, 2.24) is 25.1 Å². The van der Waals surface area contributed by atoms with Gasteiger partial charge in [0.25, 0.3) is 5.91 Å². The summed E-state index contributed by atoms with van der Waals surface area (Å²) in [5, 5.41) is 14.7. The molecule has 15 heteroatoms. The molecule has 0 bridgehead atoms. The summed E-state index contributed by atoms with van der Waals surface area (Å²) in [5.74, 6) is -1.14. The smallest absolute Gasteiger partial charge is 0.345 e. The van der Waals surface area contributed by atoms with Gasteiger partial charge in [0.1, 0.15) is 0 Å². The van der Waals surface area contributed by atoms with Gasteiger partial charge in [0.05, 0.1) is 49.4 Å². The molecule has 2 N–H and O–H groups in total. The Labute approximate surface area is 248 Å². The molecular formula is C26H17Cl2F3N6O2S2. The van der Waals surface area contributed by atoms with Crippen LogP contribution in [0.2, 0.25) is 10.0 Å². The Hall–Kier alpha value is -3.65. The molecule has 0 aliphatic rings. The summed E-state index contributed by atoms with van der Waals surface area (Å²) in [6.45, 7) is -0.267. The molecule has 0 fully saturated rings. The second-order valence-corrected chi connectivity index (χ2v) is 11.2. The number of hydrogen-bond acceptors (Lipinski definition) is 7. The molecule has 5 rings (SSSR count). The molecule has 2 heterocycles. The Morgan fingerprint density at radius 1 is 0.976 bits per heavy atom. The van der Waals surface area contributed by atoms with E-state index in [1.807, 2.05) is 24.3 Å². The maximum absolute atomic E-state index is 13.4. The maximum atomic E-state index is 13.4. The Kier molecular flexibility index (Phi) is 8.50. The third kappa shape index (κ3) is 6.64. The predicted octanol–water partition coefficient (Wildman–Crippen LogP) is 6.86. The van der Waals surface area contributed by atoms with Gasteiger partial charge in [-0.2, -0.15) is 13.2 Å². The normalized spacial score (nSPS) is 11.5. The summed E-state index contributed by atoms with van der Waals surface area (Å²) in [5.41, 5.74) is -0.344. The Balaban J connectivity index is 1.35. The zero-order valence-corrected chi connectivity index (χ0v) is 23.7. The van der Waals surface area contributed by atoms with E-state index in [1.54, 1.807) is 18.2 Å². The van der Waals surface area contributed by atoms with Gasteiger partial charge in [0.15, 0.2) is 16.1 Å². The minimum Gasteiger partial charge on any atom is -0.345 e. The van der Waals surface area contributed by atoms with Gasteiger partial charge in [-0.25, -0.2) is 4.98 Å². The molecule has 3 aromatic carbocycles. The molecule has 0 saturated carbocycles. The first-order valence-corrected chi connectivity index (χ1v) is 14.3. The predicted molar refractivity (Wildman–Crippen MR) is 153 cm³/mol. The minimum absolute atomic E-state index is 0.0549. The molecule has 0 aliphatic carbocycles. The van der Waals surface area contributed by atoms with Crippen LogP contribution in [-0.2, 0) is 17.5 Å². The molecule has 0 saturated heterocycles. The first-order chi connectivity index (χ1) is 19.6. The van der Waals surface area contributed by atoms with Gasteiger partial charge in [-0.15, -0.1) is 10.2 Å². The van der Waals surface area contributed by atoms with Crippen molar-refractivity contribution in [1.29, 1.82) is 0 Å². The fourth-order valence-corrected chi connectivity index (χ4v) is 5.73. The van der Waals surface area contributed by atoms with E-state index >= 15 is 0 Å². The summed E-state index contributed by atoms with van der Waals surface area (Å²) >= 11 is 14.7. The number of nitrogens with zero attached hydrogens (tertiary/aromatic N) is 4. The van der Waals surface area contributed by atoms with Crippen LogP contribution in [0.15, 0.2) is 71.9 Å². The van der Waals surface area contributed by atoms with E-state index in [0.29, 0.717) is 15.8 Å². The van der Waals surface area contributed by atoms with E-state index in [2.05, 4.69) is 25.8 Å². The number of fused-ring (bicyclic) bond motifs is 1. The number of amides is 2. The van der Waals surface area contributed by atoms with E-state index in [-0.39, 0.29) is 34.2 Å². The average molecular weight is 637 g/mol. The number of thioether (sulfide) groups is 1. The fraction of sp³-hybridized carbons (Fsp3) is 0.115. The molecular weight excluding hydrogens is 620 g/mol. The third-order valence-electron chi connectivity index (χ3n) is 5.62. The lowest BCUT2D eigenvalue weighted by atomic mass is 10.1. The number of aromatic nitrogens is 4. The maximum Gasteiger partial charge on any atom is 0.417 e. The number of carbonyl (C=O) groups is 2. The van der Waals surface area contributed by atoms with Crippen LogP contribution in [0.5, 0.6) is 0 Å². The molecule has 0 unspecified atom stereocenters. The Morgan fingerprint density at radius 3 is 2.49 bits per heavy atom. The fourth-order valence-electron chi connectivity index (χ4n) is 3.79. The third-order valence-corrected chi connectivity index (χ3v) is 8.24. The van der Waals surface area contributed by atoms with E-state index in [1.165, 1.54) is 28.0 Å². The van der Waals surface area contributed by atoms with Crippen molar-refractivity contribution >= 4 is 73.5 Å². The highest BCUT2D eigenvalue weighted by Crippen LogP contribution is 2.32. The second-order valence-electron chi connectivity index (χ2n) is 8.38. The highest BCUT2D eigenvalue weighted by atomic mass is 35.5. The largest absolute Gasteiger partial charge is 0.417 e. The van der Waals surface area contributed by atoms with Crippen LogP contribution in [0.25, 0.3) is 15.9 Å². The first-order valence-electron chi connectivity index (χ1n) is 11.7. The standard InChI is InChI=1S/C26H17Cl2F3N6O2S2/c27-17-10-9-14(11-18(17)28)37-21(12-32-23(39)15-5-1-2-6-16(15)26(29,30)31)35-36-25(37)40-13-22(38)34-24-33-19-7-3-4-8-20(19)41-24/h1-11H,12-13H2,(H,32,39)(H,33,34,38). The van der Waals surface area contributed by atoms with E-state index in [4.69, 9.17) is 23.2 Å². The van der Waals surface area contributed by atoms with Gasteiger partial charge in [-0.1, -0.05) is 70.6 Å². The molecule has 0 spiro atoms. The summed E-state index contributed by atoms with van der Waals surface area (Å²) in [6.07, 6.45) is -4.70. The lowest BCUT2D eigenvalue weighted by Crippen LogP contribution is -2.27. The summed E-state index contributed by atoms with van der Waals surface area (Å²) in [6, 6.07) is 16.7. The van der Waals surface area contributed by atoms with Crippen molar-refractivity contribution in [3.8, 4) is 5.69 Å². The number of nitrogens with one attached hydrogen (secondary N) is 2. The number of thiazole rings is 1. The molecule has 0 aliphatic heterocycles. The van der Waals surface area contributed by atoms with E-state index < -0.39 is 23.2 Å². The zero-order valence-electron chi connectivity index (χ0n) is 20.6. The minimum atomic E-state index is -4.70. The van der Waals surface area contributed by atoms with Crippen LogP contribution >= 0.6 is 46.3 Å². The van der Waals surface area contributed by atoms with Gasteiger partial charge in [0.2, 0.25) is 5.91 Å². The number of hydrogen-bond donors (Lipinski definition) is 2. The molecule has 210 valence electrons. The van der Waals surface area contributed by atoms with Crippen LogP contribution in [0.3, 0.4) is 0 Å². The highest BCUT2D eigenvalue weighted by Gasteiger charge is 2.35. The van der Waals surface area contributed by atoms with E-state index in [0.717, 1.165) is 34.1 Å². The van der Waals surface area contributed by atoms with Crippen molar-refractivity contribution in [2.75, 3.05) is 11.1 Å². The molecule has 41 heavy (non-hydrogen) atoms. The van der Waals surface area contributed by atoms with Crippen LogP contribution in [-0.4, -0.2) is 37.3 Å². The highest BCUT2D eigenvalue weighted by molar-refractivity contribution is 7.99. The van der Waals surface area contributed by atoms with Gasteiger partial charge in [-0.3, -0.25) is 14.2 Å². The monoisotopic (exact) mass is 636 g/mol. The molecule has 2 aromatic heterocycles. The number of halogens is 5. The van der Waals surface area contributed by atoms with Crippen LogP contribution in [0.1, 0.15) is 21.7 Å². The topological polar surface area (TPSA) is 102 Å². The number of anilines is 1. The number of carbonyl (C=O) groups excluding carboxylic acids is 2. The van der Waals surface area contributed by atoms with Crippen LogP contribution in [0, 0.1) is 0 Å². The number of rotatable bonds is 8. The van der Waals surface area contributed by atoms with Crippen LogP contribution < -0.4 is 10.6 Å². The average Bonchev–Trinajstić information content (AvgIpc) is 3.54. The molecule has 8 nitrogen and oxygen atoms in total. The number of benzene rings is 3. The zero-order chi connectivity index (χ0) is 29.1. The molecule has 2 amide bonds. The van der Waals surface area contributed by atoms with Gasteiger partial charge in [-0.05, 0) is 42.5 Å². The number of alkyl halides is 3. The van der Waals surface area contributed by atoms with Crippen molar-refractivity contribution in [3.63, 3.8) is 0 Å². The summed E-state index contributed by atoms with van der Waals surface area (Å²) in [7, 11) is 0. The summed E-state index contributed by atoms with van der Waals surface area (Å²) in [4.78, 5) is 29.8. The first kappa shape index (κ1) is 28.9. The van der Waals surface area contributed by atoms with Gasteiger partial charge < -0.3 is 10.6 Å². The number of para-hydroxylation sites is 1. The second kappa shape index (κ2) is 12.1. The van der Waals surface area contributed by atoms with Crippen molar-refractivity contribution < 1.29 is 22.8 Å². The summed E-state index contributed by atoms with van der Waals surface area (Å²) < 4.78 is 42.7.